The predicted molar refractivity (Wildman–Crippen MR) is 122 cm³/mol. The van der Waals surface area contributed by atoms with Gasteiger partial charge >= 0.3 is 0 Å². The van der Waals surface area contributed by atoms with Crippen LogP contribution in [0.2, 0.25) is 0 Å². The number of ether oxygens (including phenoxy) is 2. The summed E-state index contributed by atoms with van der Waals surface area (Å²) in [5, 5.41) is 10.6. The SMILES string of the molecule is CCN(C)C(=O)COc1ccc2c(c1OC)N=C(/C=C(\O)c1cccnc1)N1CCN=C21. The summed E-state index contributed by atoms with van der Waals surface area (Å²) in [6, 6.07) is 7.15. The van der Waals surface area contributed by atoms with Gasteiger partial charge in [0, 0.05) is 49.7 Å². The number of amidine groups is 2. The number of hydrogen-bond acceptors (Lipinski definition) is 8. The molecule has 1 N–H and O–H groups in total. The van der Waals surface area contributed by atoms with Gasteiger partial charge in [-0.25, -0.2) is 4.99 Å². The zero-order valence-corrected chi connectivity index (χ0v) is 18.3. The van der Waals surface area contributed by atoms with E-state index in [2.05, 4.69) is 9.98 Å². The van der Waals surface area contributed by atoms with Crippen LogP contribution in [-0.2, 0) is 4.79 Å². The van der Waals surface area contributed by atoms with E-state index in [0.29, 0.717) is 48.2 Å². The standard InChI is InChI=1S/C23H25N5O4/c1-4-27(2)20(30)14-32-18-8-7-16-21(22(18)31-3)26-19(28-11-10-25-23(16)28)12-17(29)15-6-5-9-24-13-15/h5-9,12-13,29H,4,10-11,14H2,1-3H3/b17-12-. The highest BCUT2D eigenvalue weighted by atomic mass is 16.5. The number of aromatic nitrogens is 1. The molecular weight excluding hydrogens is 410 g/mol. The zero-order valence-electron chi connectivity index (χ0n) is 18.3. The van der Waals surface area contributed by atoms with Crippen molar-refractivity contribution >= 4 is 29.0 Å². The Morgan fingerprint density at radius 3 is 2.91 bits per heavy atom. The molecule has 0 fully saturated rings. The van der Waals surface area contributed by atoms with Crippen LogP contribution in [-0.4, -0.2) is 77.9 Å². The van der Waals surface area contributed by atoms with Crippen LogP contribution in [0.3, 0.4) is 0 Å². The Bertz CT molecular complexity index is 1110. The van der Waals surface area contributed by atoms with E-state index in [-0.39, 0.29) is 18.3 Å². The van der Waals surface area contributed by atoms with Crippen LogP contribution in [0.5, 0.6) is 11.5 Å². The van der Waals surface area contributed by atoms with Crippen molar-refractivity contribution in [3.8, 4) is 11.5 Å². The van der Waals surface area contributed by atoms with E-state index in [9.17, 15) is 9.90 Å². The van der Waals surface area contributed by atoms with E-state index in [1.54, 1.807) is 48.6 Å². The summed E-state index contributed by atoms with van der Waals surface area (Å²) in [6.07, 6.45) is 4.82. The molecule has 9 nitrogen and oxygen atoms in total. The fraction of sp³-hybridized carbons (Fsp3) is 0.304. The maximum atomic E-state index is 12.2. The van der Waals surface area contributed by atoms with Crippen LogP contribution < -0.4 is 9.47 Å². The fourth-order valence-corrected chi connectivity index (χ4v) is 3.49. The molecule has 0 spiro atoms. The van der Waals surface area contributed by atoms with Crippen molar-refractivity contribution < 1.29 is 19.4 Å². The first-order valence-corrected chi connectivity index (χ1v) is 10.3. The molecule has 2 aliphatic heterocycles. The summed E-state index contributed by atoms with van der Waals surface area (Å²) < 4.78 is 11.4. The first-order valence-electron chi connectivity index (χ1n) is 10.3. The average molecular weight is 435 g/mol. The molecular formula is C23H25N5O4. The van der Waals surface area contributed by atoms with Gasteiger partial charge in [0.05, 0.1) is 13.7 Å². The number of fused-ring (bicyclic) bond motifs is 3. The Morgan fingerprint density at radius 1 is 1.34 bits per heavy atom. The van der Waals surface area contributed by atoms with Crippen molar-refractivity contribution in [2.45, 2.75) is 6.92 Å². The van der Waals surface area contributed by atoms with E-state index >= 15 is 0 Å². The monoisotopic (exact) mass is 435 g/mol. The van der Waals surface area contributed by atoms with E-state index in [1.807, 2.05) is 17.9 Å². The molecule has 0 saturated heterocycles. The molecule has 2 aromatic rings. The number of aliphatic imine (C=N–C) groups is 2. The molecule has 3 heterocycles. The Morgan fingerprint density at radius 2 is 2.19 bits per heavy atom. The molecule has 2 aliphatic rings. The van der Waals surface area contributed by atoms with Crippen LogP contribution in [0, 0.1) is 0 Å². The largest absolute Gasteiger partial charge is 0.507 e. The van der Waals surface area contributed by atoms with Gasteiger partial charge in [-0.1, -0.05) is 0 Å². The highest BCUT2D eigenvalue weighted by Crippen LogP contribution is 2.43. The summed E-state index contributed by atoms with van der Waals surface area (Å²) in [7, 11) is 3.25. The molecule has 0 unspecified atom stereocenters. The van der Waals surface area contributed by atoms with Crippen LogP contribution in [0.25, 0.3) is 5.76 Å². The van der Waals surface area contributed by atoms with Crippen LogP contribution in [0.1, 0.15) is 18.1 Å². The number of aliphatic hydroxyl groups excluding tert-OH is 1. The number of amides is 1. The molecule has 166 valence electrons. The Balaban J connectivity index is 1.73. The molecule has 0 atom stereocenters. The van der Waals surface area contributed by atoms with E-state index in [4.69, 9.17) is 14.5 Å². The molecule has 0 radical (unpaired) electrons. The summed E-state index contributed by atoms with van der Waals surface area (Å²) in [5.74, 6) is 2.03. The molecule has 9 heteroatoms. The third kappa shape index (κ3) is 4.01. The number of hydrogen-bond donors (Lipinski definition) is 1. The van der Waals surface area contributed by atoms with Crippen molar-refractivity contribution in [2.75, 3.05) is 40.4 Å². The molecule has 32 heavy (non-hydrogen) atoms. The Kier molecular flexibility index (Phi) is 6.07. The maximum Gasteiger partial charge on any atom is 0.260 e. The van der Waals surface area contributed by atoms with Gasteiger partial charge in [-0.05, 0) is 31.2 Å². The van der Waals surface area contributed by atoms with Gasteiger partial charge in [-0.3, -0.25) is 14.8 Å². The summed E-state index contributed by atoms with van der Waals surface area (Å²) >= 11 is 0. The second-order valence-corrected chi connectivity index (χ2v) is 7.29. The Hall–Kier alpha value is -3.88. The lowest BCUT2D eigenvalue weighted by atomic mass is 10.1. The number of aliphatic hydroxyl groups is 1. The van der Waals surface area contributed by atoms with E-state index in [1.165, 1.54) is 7.11 Å². The molecule has 0 bridgehead atoms. The van der Waals surface area contributed by atoms with E-state index in [0.717, 1.165) is 11.4 Å². The molecule has 0 saturated carbocycles. The number of nitrogens with zero attached hydrogens (tertiary/aromatic N) is 5. The highest BCUT2D eigenvalue weighted by molar-refractivity contribution is 6.20. The average Bonchev–Trinajstić information content (AvgIpc) is 3.32. The lowest BCUT2D eigenvalue weighted by molar-refractivity contribution is -0.131. The minimum absolute atomic E-state index is 0.0473. The van der Waals surface area contributed by atoms with Crippen molar-refractivity contribution in [2.24, 2.45) is 9.98 Å². The van der Waals surface area contributed by atoms with Crippen molar-refractivity contribution in [1.29, 1.82) is 0 Å². The highest BCUT2D eigenvalue weighted by Gasteiger charge is 2.32. The minimum atomic E-state index is -0.132. The normalized spacial score (nSPS) is 14.8. The van der Waals surface area contributed by atoms with Crippen molar-refractivity contribution in [3.63, 3.8) is 0 Å². The molecule has 4 rings (SSSR count). The summed E-state index contributed by atoms with van der Waals surface area (Å²) in [4.78, 5) is 29.1. The quantitative estimate of drug-likeness (QED) is 0.671. The van der Waals surface area contributed by atoms with Crippen molar-refractivity contribution in [3.05, 3.63) is 53.9 Å². The zero-order chi connectivity index (χ0) is 22.7. The van der Waals surface area contributed by atoms with Gasteiger partial charge < -0.3 is 24.4 Å². The van der Waals surface area contributed by atoms with Crippen LogP contribution in [0.15, 0.2) is 52.7 Å². The fourth-order valence-electron chi connectivity index (χ4n) is 3.49. The minimum Gasteiger partial charge on any atom is -0.507 e. The van der Waals surface area contributed by atoms with Gasteiger partial charge in [0.25, 0.3) is 5.91 Å². The van der Waals surface area contributed by atoms with E-state index < -0.39 is 0 Å². The van der Waals surface area contributed by atoms with Gasteiger partial charge in [-0.2, -0.15) is 0 Å². The topological polar surface area (TPSA) is 99.8 Å². The third-order valence-corrected chi connectivity index (χ3v) is 5.36. The lowest BCUT2D eigenvalue weighted by Gasteiger charge is -2.27. The number of methoxy groups -OCH3 is 1. The maximum absolute atomic E-state index is 12.2. The van der Waals surface area contributed by atoms with Crippen molar-refractivity contribution in [1.82, 2.24) is 14.8 Å². The number of pyridine rings is 1. The van der Waals surface area contributed by atoms with Gasteiger partial charge in [-0.15, -0.1) is 0 Å². The third-order valence-electron chi connectivity index (χ3n) is 5.36. The molecule has 1 aromatic heterocycles. The smallest absolute Gasteiger partial charge is 0.260 e. The molecule has 0 aliphatic carbocycles. The van der Waals surface area contributed by atoms with Gasteiger partial charge in [0.15, 0.2) is 18.1 Å². The van der Waals surface area contributed by atoms with Gasteiger partial charge in [0.1, 0.15) is 23.1 Å². The second-order valence-electron chi connectivity index (χ2n) is 7.29. The predicted octanol–water partition coefficient (Wildman–Crippen LogP) is 2.65. The number of likely N-dealkylation sites (N-methyl/N-ethyl adjacent to an activating group) is 1. The number of benzene rings is 1. The molecule has 1 amide bonds. The number of rotatable bonds is 7. The summed E-state index contributed by atoms with van der Waals surface area (Å²) in [5.41, 5.74) is 1.94. The lowest BCUT2D eigenvalue weighted by Crippen LogP contribution is -2.36. The van der Waals surface area contributed by atoms with Crippen LogP contribution in [0.4, 0.5) is 5.69 Å². The first kappa shape index (κ1) is 21.4. The second kappa shape index (κ2) is 9.09. The van der Waals surface area contributed by atoms with Gasteiger partial charge in [0.2, 0.25) is 0 Å². The number of carbonyl (C=O) groups is 1. The molecule has 1 aromatic carbocycles. The Labute approximate surface area is 186 Å². The number of carbonyl (C=O) groups excluding carboxylic acids is 1. The summed E-state index contributed by atoms with van der Waals surface area (Å²) in [6.45, 7) is 3.66. The first-order chi connectivity index (χ1) is 15.5. The van der Waals surface area contributed by atoms with Crippen LogP contribution >= 0.6 is 0 Å².